The van der Waals surface area contributed by atoms with E-state index in [1.54, 1.807) is 17.4 Å². The number of ketones is 1. The molecule has 10 heteroatoms. The van der Waals surface area contributed by atoms with Crippen LogP contribution in [0.3, 0.4) is 0 Å². The third-order valence-electron chi connectivity index (χ3n) is 4.20. The number of hydrogen-bond donors (Lipinski definition) is 0. The Morgan fingerprint density at radius 2 is 2.04 bits per heavy atom. The van der Waals surface area contributed by atoms with Crippen molar-refractivity contribution in [1.82, 2.24) is 20.2 Å². The molecule has 0 bridgehead atoms. The number of carbonyl (C=O) groups excluding carboxylic acids is 1. The molecule has 0 saturated heterocycles. The molecule has 0 radical (unpaired) electrons. The highest BCUT2D eigenvalue weighted by atomic mass is 32.1. The van der Waals surface area contributed by atoms with Gasteiger partial charge in [-0.25, -0.2) is 0 Å². The molecule has 0 spiro atoms. The summed E-state index contributed by atoms with van der Waals surface area (Å²) in [5.41, 5.74) is 0.901. The van der Waals surface area contributed by atoms with Crippen molar-refractivity contribution < 1.29 is 9.72 Å². The van der Waals surface area contributed by atoms with E-state index in [9.17, 15) is 14.9 Å². The van der Waals surface area contributed by atoms with E-state index < -0.39 is 16.9 Å². The number of nitro groups is 1. The first kappa shape index (κ1) is 17.4. The lowest BCUT2D eigenvalue weighted by Crippen LogP contribution is -2.30. The molecule has 1 aliphatic rings. The zero-order chi connectivity index (χ0) is 18.8. The number of thiophene rings is 2. The van der Waals surface area contributed by atoms with Gasteiger partial charge in [-0.05, 0) is 52.0 Å². The molecule has 1 aliphatic carbocycles. The van der Waals surface area contributed by atoms with E-state index in [-0.39, 0.29) is 11.7 Å². The number of rotatable bonds is 5. The van der Waals surface area contributed by atoms with Crippen molar-refractivity contribution in [1.29, 1.82) is 0 Å². The quantitative estimate of drug-likeness (QED) is 0.479. The highest BCUT2D eigenvalue weighted by molar-refractivity contribution is 7.10. The first-order valence-electron chi connectivity index (χ1n) is 8.05. The third-order valence-corrected chi connectivity index (χ3v) is 6.04. The Labute approximate surface area is 161 Å². The maximum Gasteiger partial charge on any atom is 0.514 e. The molecule has 0 aliphatic heterocycles. The van der Waals surface area contributed by atoms with Crippen molar-refractivity contribution in [3.63, 3.8) is 0 Å². The number of hydrogen-bond acceptors (Lipinski definition) is 8. The average Bonchev–Trinajstić information content (AvgIpc) is 3.41. The second kappa shape index (κ2) is 7.33. The van der Waals surface area contributed by atoms with Crippen LogP contribution in [-0.4, -0.2) is 30.9 Å². The van der Waals surface area contributed by atoms with Crippen molar-refractivity contribution in [2.45, 2.75) is 18.4 Å². The fourth-order valence-corrected chi connectivity index (χ4v) is 4.50. The monoisotopic (exact) mass is 399 g/mol. The molecule has 0 unspecified atom stereocenters. The minimum atomic E-state index is -0.747. The molecule has 3 aromatic rings. The van der Waals surface area contributed by atoms with Gasteiger partial charge in [-0.3, -0.25) is 4.79 Å². The van der Waals surface area contributed by atoms with Crippen LogP contribution in [0.1, 0.15) is 28.1 Å². The van der Waals surface area contributed by atoms with Gasteiger partial charge in [0.2, 0.25) is 0 Å². The Hall–Kier alpha value is -2.98. The van der Waals surface area contributed by atoms with Crippen LogP contribution >= 0.6 is 22.7 Å². The largest absolute Gasteiger partial charge is 0.514 e. The van der Waals surface area contributed by atoms with E-state index in [2.05, 4.69) is 15.4 Å². The Morgan fingerprint density at radius 3 is 2.70 bits per heavy atom. The molecule has 4 rings (SSSR count). The number of carbonyl (C=O) groups is 1. The molecule has 27 heavy (non-hydrogen) atoms. The van der Waals surface area contributed by atoms with Gasteiger partial charge in [0.1, 0.15) is 0 Å². The highest BCUT2D eigenvalue weighted by Gasteiger charge is 2.39. The molecule has 0 saturated carbocycles. The minimum Gasteiger partial charge on any atom is -0.390 e. The van der Waals surface area contributed by atoms with Crippen LogP contribution in [0.2, 0.25) is 0 Å². The van der Waals surface area contributed by atoms with Crippen molar-refractivity contribution in [3.05, 3.63) is 72.6 Å². The fraction of sp³-hybridized carbons (Fsp3) is 0.176. The summed E-state index contributed by atoms with van der Waals surface area (Å²) < 4.78 is 0. The number of aromatic nitrogens is 4. The van der Waals surface area contributed by atoms with Gasteiger partial charge in [-0.1, -0.05) is 23.0 Å². The van der Waals surface area contributed by atoms with Crippen LogP contribution in [0.25, 0.3) is 6.08 Å². The standard InChI is InChI=1S/C17H13N5O3S2/c23-14-10-11(5-6-12-3-1-7-26-12)9-13(15-4-2-8-27-15)16(14)21-19-17(18-20-21)22(24)25/h1-8,10,13,16H,9H2/b6-5+/t13-,16-/m1/s1. The van der Waals surface area contributed by atoms with Crippen molar-refractivity contribution in [3.8, 4) is 0 Å². The summed E-state index contributed by atoms with van der Waals surface area (Å²) in [6.07, 6.45) is 6.09. The van der Waals surface area contributed by atoms with Gasteiger partial charge >= 0.3 is 5.95 Å². The lowest BCUT2D eigenvalue weighted by atomic mass is 9.82. The Balaban J connectivity index is 1.68. The van der Waals surface area contributed by atoms with Gasteiger partial charge in [0.15, 0.2) is 11.8 Å². The van der Waals surface area contributed by atoms with Gasteiger partial charge < -0.3 is 10.1 Å². The zero-order valence-electron chi connectivity index (χ0n) is 13.8. The summed E-state index contributed by atoms with van der Waals surface area (Å²) in [7, 11) is 0. The molecule has 2 atom stereocenters. The molecular weight excluding hydrogens is 386 g/mol. The summed E-state index contributed by atoms with van der Waals surface area (Å²) in [6, 6.07) is 7.09. The molecule has 3 heterocycles. The topological polar surface area (TPSA) is 104 Å². The lowest BCUT2D eigenvalue weighted by Gasteiger charge is -2.26. The fourth-order valence-electron chi connectivity index (χ4n) is 3.02. The Morgan fingerprint density at radius 1 is 1.22 bits per heavy atom. The lowest BCUT2D eigenvalue weighted by molar-refractivity contribution is -0.394. The minimum absolute atomic E-state index is 0.197. The first-order valence-corrected chi connectivity index (χ1v) is 9.81. The summed E-state index contributed by atoms with van der Waals surface area (Å²) >= 11 is 3.16. The van der Waals surface area contributed by atoms with Crippen LogP contribution in [0.5, 0.6) is 0 Å². The number of allylic oxidation sites excluding steroid dienone is 3. The second-order valence-corrected chi connectivity index (χ2v) is 7.87. The van der Waals surface area contributed by atoms with E-state index in [0.29, 0.717) is 6.42 Å². The number of nitrogens with zero attached hydrogens (tertiary/aromatic N) is 5. The maximum atomic E-state index is 12.8. The van der Waals surface area contributed by atoms with Crippen molar-refractivity contribution >= 4 is 40.5 Å². The summed E-state index contributed by atoms with van der Waals surface area (Å²) in [5.74, 6) is -1.02. The summed E-state index contributed by atoms with van der Waals surface area (Å²) in [5, 5.41) is 25.8. The van der Waals surface area contributed by atoms with Crippen molar-refractivity contribution in [2.75, 3.05) is 0 Å². The summed E-state index contributed by atoms with van der Waals surface area (Å²) in [6.45, 7) is 0. The summed E-state index contributed by atoms with van der Waals surface area (Å²) in [4.78, 5) is 26.2. The Kier molecular flexibility index (Phi) is 4.73. The van der Waals surface area contributed by atoms with E-state index in [1.165, 1.54) is 11.3 Å². The molecule has 136 valence electrons. The molecule has 3 aromatic heterocycles. The second-order valence-electron chi connectivity index (χ2n) is 5.91. The third kappa shape index (κ3) is 3.62. The normalized spacial score (nSPS) is 20.1. The first-order chi connectivity index (χ1) is 13.1. The highest BCUT2D eigenvalue weighted by Crippen LogP contribution is 2.40. The van der Waals surface area contributed by atoms with Crippen LogP contribution in [0, 0.1) is 10.1 Å². The van der Waals surface area contributed by atoms with Crippen LogP contribution in [0.15, 0.2) is 52.8 Å². The molecule has 0 N–H and O–H groups in total. The Bertz CT molecular complexity index is 1020. The molecule has 0 aromatic carbocycles. The average molecular weight is 399 g/mol. The maximum absolute atomic E-state index is 12.8. The van der Waals surface area contributed by atoms with E-state index in [4.69, 9.17) is 0 Å². The number of tetrazole rings is 1. The van der Waals surface area contributed by atoms with Crippen molar-refractivity contribution in [2.24, 2.45) is 0 Å². The van der Waals surface area contributed by atoms with Gasteiger partial charge in [-0.2, -0.15) is 0 Å². The van der Waals surface area contributed by atoms with Crippen LogP contribution < -0.4 is 0 Å². The molecule has 8 nitrogen and oxygen atoms in total. The predicted octanol–water partition coefficient (Wildman–Crippen LogP) is 3.64. The van der Waals surface area contributed by atoms with E-state index in [1.807, 2.05) is 47.2 Å². The van der Waals surface area contributed by atoms with E-state index >= 15 is 0 Å². The molecule has 0 amide bonds. The van der Waals surface area contributed by atoms with Gasteiger partial charge in [-0.15, -0.1) is 22.7 Å². The molecular formula is C17H13N5O3S2. The van der Waals surface area contributed by atoms with Gasteiger partial charge in [0.05, 0.1) is 10.2 Å². The molecule has 0 fully saturated rings. The zero-order valence-corrected chi connectivity index (χ0v) is 15.5. The van der Waals surface area contributed by atoms with Crippen LogP contribution in [-0.2, 0) is 4.79 Å². The van der Waals surface area contributed by atoms with Crippen LogP contribution in [0.4, 0.5) is 5.95 Å². The SMILES string of the molecule is O=C1C=C(/C=C/c2cccs2)C[C@H](c2cccs2)[C@H]1n1nnc([N+](=O)[O-])n1. The van der Waals surface area contributed by atoms with Gasteiger partial charge in [0.25, 0.3) is 0 Å². The predicted molar refractivity (Wildman–Crippen MR) is 102 cm³/mol. The van der Waals surface area contributed by atoms with E-state index in [0.717, 1.165) is 20.1 Å². The smallest absolute Gasteiger partial charge is 0.390 e. The van der Waals surface area contributed by atoms with Gasteiger partial charge in [0, 0.05) is 20.9 Å².